The molecule has 0 unspecified atom stereocenters. The highest BCUT2D eigenvalue weighted by atomic mass is 31.2. The number of nitrogens with one attached hydrogen (secondary N) is 1. The lowest BCUT2D eigenvalue weighted by molar-refractivity contribution is 0.462. The van der Waals surface area contributed by atoms with Crippen LogP contribution in [0.3, 0.4) is 0 Å². The fraction of sp³-hybridized carbons (Fsp3) is 0.143. The minimum atomic E-state index is -3.09. The molecule has 32 heavy (non-hydrogen) atoms. The van der Waals surface area contributed by atoms with Gasteiger partial charge in [-0.15, -0.1) is 0 Å². The van der Waals surface area contributed by atoms with Gasteiger partial charge in [0, 0.05) is 28.6 Å². The molecule has 4 heteroatoms. The van der Waals surface area contributed by atoms with Crippen molar-refractivity contribution >= 4 is 17.9 Å². The first-order valence-corrected chi connectivity index (χ1v) is 12.5. The minimum absolute atomic E-state index is 0.155. The van der Waals surface area contributed by atoms with Gasteiger partial charge >= 0.3 is 0 Å². The lowest BCUT2D eigenvalue weighted by Gasteiger charge is -2.26. The van der Waals surface area contributed by atoms with E-state index in [1.165, 1.54) is 0 Å². The molecule has 2 N–H and O–H groups in total. The fourth-order valence-electron chi connectivity index (χ4n) is 4.31. The van der Waals surface area contributed by atoms with E-state index in [2.05, 4.69) is 23.3 Å². The average molecular weight is 442 g/mol. The highest BCUT2D eigenvalue weighted by Crippen LogP contribution is 2.41. The average Bonchev–Trinajstić information content (AvgIpc) is 2.82. The van der Waals surface area contributed by atoms with E-state index in [0.29, 0.717) is 6.54 Å². The summed E-state index contributed by atoms with van der Waals surface area (Å²) >= 11 is 0. The molecule has 0 radical (unpaired) electrons. The standard InChI is InChI=1S/C28H28NO2P/c1-21-18-22(2)28(27(30)19-21)26(23-12-6-3-7-13-23)20-29-32(31,24-14-8-4-9-15-24)25-16-10-5-11-17-25/h3-19,26,30H,20H2,1-2H3,(H,29,31)/t26-/m0/s1. The molecule has 3 nitrogen and oxygen atoms in total. The molecule has 4 rings (SSSR count). The molecule has 0 aromatic heterocycles. The number of benzene rings is 4. The van der Waals surface area contributed by atoms with Gasteiger partial charge in [0.2, 0.25) is 7.29 Å². The van der Waals surface area contributed by atoms with Gasteiger partial charge in [-0.3, -0.25) is 9.65 Å². The van der Waals surface area contributed by atoms with Gasteiger partial charge in [-0.1, -0.05) is 72.8 Å². The van der Waals surface area contributed by atoms with Crippen molar-refractivity contribution in [2.75, 3.05) is 6.54 Å². The first-order valence-electron chi connectivity index (χ1n) is 10.8. The lowest BCUT2D eigenvalue weighted by atomic mass is 9.87. The molecule has 0 amide bonds. The highest BCUT2D eigenvalue weighted by Gasteiger charge is 2.29. The molecule has 4 aromatic carbocycles. The zero-order chi connectivity index (χ0) is 22.6. The normalized spacial score (nSPS) is 12.4. The first-order chi connectivity index (χ1) is 15.5. The van der Waals surface area contributed by atoms with Crippen molar-refractivity contribution in [3.63, 3.8) is 0 Å². The van der Waals surface area contributed by atoms with Crippen molar-refractivity contribution in [1.82, 2.24) is 5.09 Å². The Morgan fingerprint density at radius 2 is 1.28 bits per heavy atom. The van der Waals surface area contributed by atoms with Gasteiger partial charge in [0.15, 0.2) is 0 Å². The zero-order valence-corrected chi connectivity index (χ0v) is 19.3. The van der Waals surface area contributed by atoms with Crippen molar-refractivity contribution < 1.29 is 9.67 Å². The molecule has 0 saturated heterocycles. The van der Waals surface area contributed by atoms with Gasteiger partial charge in [0.25, 0.3) is 0 Å². The SMILES string of the molecule is Cc1cc(C)c([C@@H](CNP(=O)(c2ccccc2)c2ccccc2)c2ccccc2)c(O)c1. The van der Waals surface area contributed by atoms with Crippen LogP contribution in [0.15, 0.2) is 103 Å². The van der Waals surface area contributed by atoms with E-state index < -0.39 is 7.29 Å². The largest absolute Gasteiger partial charge is 0.508 e. The molecule has 0 spiro atoms. The van der Waals surface area contributed by atoms with E-state index in [1.54, 1.807) is 6.07 Å². The van der Waals surface area contributed by atoms with Crippen LogP contribution >= 0.6 is 7.29 Å². The summed E-state index contributed by atoms with van der Waals surface area (Å²) in [5.41, 5.74) is 3.96. The van der Waals surface area contributed by atoms with Crippen LogP contribution in [0.25, 0.3) is 0 Å². The molecular weight excluding hydrogens is 413 g/mol. The van der Waals surface area contributed by atoms with Crippen molar-refractivity contribution in [3.8, 4) is 5.75 Å². The summed E-state index contributed by atoms with van der Waals surface area (Å²) in [5.74, 6) is 0.116. The van der Waals surface area contributed by atoms with Crippen LogP contribution in [-0.2, 0) is 4.57 Å². The number of phenolic OH excluding ortho intramolecular Hbond substituents is 1. The number of hydrogen-bond donors (Lipinski definition) is 2. The smallest absolute Gasteiger partial charge is 0.204 e. The van der Waals surface area contributed by atoms with Crippen molar-refractivity contribution in [2.45, 2.75) is 19.8 Å². The third kappa shape index (κ3) is 4.55. The number of aromatic hydroxyl groups is 1. The third-order valence-corrected chi connectivity index (χ3v) is 8.50. The van der Waals surface area contributed by atoms with E-state index in [4.69, 9.17) is 0 Å². The summed E-state index contributed by atoms with van der Waals surface area (Å²) in [5, 5.41) is 15.8. The van der Waals surface area contributed by atoms with Crippen LogP contribution in [0.4, 0.5) is 0 Å². The second-order valence-electron chi connectivity index (χ2n) is 8.12. The maximum atomic E-state index is 14.4. The predicted molar refractivity (Wildman–Crippen MR) is 134 cm³/mol. The fourth-order valence-corrected chi connectivity index (χ4v) is 6.60. The summed E-state index contributed by atoms with van der Waals surface area (Å²) in [6.45, 7) is 4.42. The molecule has 1 atom stereocenters. The molecule has 0 aliphatic heterocycles. The Bertz CT molecular complexity index is 1160. The molecule has 0 aliphatic rings. The van der Waals surface area contributed by atoms with Crippen LogP contribution in [0.2, 0.25) is 0 Å². The Hall–Kier alpha value is -3.13. The lowest BCUT2D eigenvalue weighted by Crippen LogP contribution is -2.31. The van der Waals surface area contributed by atoms with E-state index in [9.17, 15) is 9.67 Å². The predicted octanol–water partition coefficient (Wildman–Crippen LogP) is 5.66. The number of rotatable bonds is 7. The summed E-state index contributed by atoms with van der Waals surface area (Å²) in [7, 11) is -3.09. The molecule has 4 aromatic rings. The maximum Gasteiger partial charge on any atom is 0.204 e. The summed E-state index contributed by atoms with van der Waals surface area (Å²) < 4.78 is 14.4. The minimum Gasteiger partial charge on any atom is -0.508 e. The second-order valence-corrected chi connectivity index (χ2v) is 10.7. The van der Waals surface area contributed by atoms with Crippen molar-refractivity contribution in [2.24, 2.45) is 0 Å². The van der Waals surface area contributed by atoms with Gasteiger partial charge in [-0.25, -0.2) is 0 Å². The summed E-state index contributed by atoms with van der Waals surface area (Å²) in [6.07, 6.45) is 0. The van der Waals surface area contributed by atoms with Gasteiger partial charge in [-0.2, -0.15) is 0 Å². The van der Waals surface area contributed by atoms with Crippen LogP contribution < -0.4 is 15.7 Å². The Labute approximate surface area is 190 Å². The summed E-state index contributed by atoms with van der Waals surface area (Å²) in [6, 6.07) is 33.1. The Morgan fingerprint density at radius 3 is 1.78 bits per heavy atom. The van der Waals surface area contributed by atoms with Crippen molar-refractivity contribution in [1.29, 1.82) is 0 Å². The number of phenols is 1. The van der Waals surface area contributed by atoms with Crippen LogP contribution in [0.5, 0.6) is 5.75 Å². The van der Waals surface area contributed by atoms with E-state index in [-0.39, 0.29) is 11.7 Å². The van der Waals surface area contributed by atoms with Crippen LogP contribution in [-0.4, -0.2) is 11.7 Å². The van der Waals surface area contributed by atoms with E-state index in [0.717, 1.165) is 32.9 Å². The Kier molecular flexibility index (Phi) is 6.60. The molecule has 0 aliphatic carbocycles. The molecule has 0 heterocycles. The quantitative estimate of drug-likeness (QED) is 0.364. The van der Waals surface area contributed by atoms with Gasteiger partial charge in [0.1, 0.15) is 5.75 Å². The Morgan fingerprint density at radius 1 is 0.781 bits per heavy atom. The zero-order valence-electron chi connectivity index (χ0n) is 18.4. The first kappa shape index (κ1) is 22.1. The summed E-state index contributed by atoms with van der Waals surface area (Å²) in [4.78, 5) is 0. The van der Waals surface area contributed by atoms with E-state index in [1.807, 2.05) is 92.7 Å². The van der Waals surface area contributed by atoms with Crippen molar-refractivity contribution in [3.05, 3.63) is 125 Å². The van der Waals surface area contributed by atoms with Gasteiger partial charge < -0.3 is 5.11 Å². The molecule has 162 valence electrons. The monoisotopic (exact) mass is 441 g/mol. The van der Waals surface area contributed by atoms with Crippen LogP contribution in [0.1, 0.15) is 28.2 Å². The van der Waals surface area contributed by atoms with Gasteiger partial charge in [-0.05, 0) is 60.9 Å². The van der Waals surface area contributed by atoms with Gasteiger partial charge in [0.05, 0.1) is 0 Å². The molecule has 0 fully saturated rings. The third-order valence-electron chi connectivity index (χ3n) is 5.82. The highest BCUT2D eigenvalue weighted by molar-refractivity contribution is 7.76. The second kappa shape index (κ2) is 9.56. The Balaban J connectivity index is 1.78. The number of aryl methyl sites for hydroxylation is 2. The van der Waals surface area contributed by atoms with E-state index >= 15 is 0 Å². The molecular formula is C28H28NO2P. The molecule has 0 saturated carbocycles. The van der Waals surface area contributed by atoms with Crippen LogP contribution in [0, 0.1) is 13.8 Å². The number of hydrogen-bond acceptors (Lipinski definition) is 2. The topological polar surface area (TPSA) is 49.3 Å². The molecule has 0 bridgehead atoms. The maximum absolute atomic E-state index is 14.4.